The molecule has 1 fully saturated rings. The predicted octanol–water partition coefficient (Wildman–Crippen LogP) is 7.35. The summed E-state index contributed by atoms with van der Waals surface area (Å²) in [5.74, 6) is 0.220. The van der Waals surface area contributed by atoms with Crippen molar-refractivity contribution in [1.82, 2.24) is 9.80 Å². The fourth-order valence-electron chi connectivity index (χ4n) is 4.26. The van der Waals surface area contributed by atoms with Crippen molar-refractivity contribution >= 4 is 23.3 Å². The number of ether oxygens (including phenoxy) is 1. The largest absolute Gasteiger partial charge is 0.489 e. The van der Waals surface area contributed by atoms with E-state index in [-0.39, 0.29) is 23.4 Å². The van der Waals surface area contributed by atoms with Crippen molar-refractivity contribution in [2.24, 2.45) is 0 Å². The molecule has 214 valence electrons. The van der Waals surface area contributed by atoms with Gasteiger partial charge in [0.1, 0.15) is 12.4 Å². The van der Waals surface area contributed by atoms with Gasteiger partial charge in [-0.25, -0.2) is 4.79 Å². The van der Waals surface area contributed by atoms with Gasteiger partial charge < -0.3 is 15.0 Å². The Balaban J connectivity index is 1.26. The summed E-state index contributed by atoms with van der Waals surface area (Å²) in [6.07, 6.45) is -9.00. The van der Waals surface area contributed by atoms with Crippen LogP contribution < -0.4 is 10.1 Å². The first-order valence-electron chi connectivity index (χ1n) is 12.4. The van der Waals surface area contributed by atoms with E-state index in [0.29, 0.717) is 35.9 Å². The first kappa shape index (κ1) is 29.5. The highest BCUT2D eigenvalue weighted by Gasteiger charge is 2.37. The number of halogens is 7. The molecule has 1 heterocycles. The highest BCUT2D eigenvalue weighted by molar-refractivity contribution is 6.30. The van der Waals surface area contributed by atoms with Crippen LogP contribution in [0, 0.1) is 0 Å². The number of nitrogens with one attached hydrogen (secondary N) is 1. The molecule has 3 aromatic carbocycles. The standard InChI is InChI=1S/C28H26ClF6N3O2/c29-23-3-1-2-19(16-23)8-9-37-10-12-38(13-11-37)26(39)36-24-4-6-25(7-5-24)40-18-20-14-21(27(30,31)32)17-22(15-20)28(33,34)35/h1-7,14-17H,8-13,18H2,(H,36,39). The number of carbonyl (C=O) groups is 1. The van der Waals surface area contributed by atoms with Gasteiger partial charge in [0.05, 0.1) is 11.1 Å². The van der Waals surface area contributed by atoms with E-state index in [1.807, 2.05) is 24.3 Å². The van der Waals surface area contributed by atoms with Crippen LogP contribution in [0.25, 0.3) is 0 Å². The second kappa shape index (κ2) is 12.4. The second-order valence-electron chi connectivity index (χ2n) is 9.37. The van der Waals surface area contributed by atoms with Gasteiger partial charge in [-0.1, -0.05) is 23.7 Å². The molecule has 4 rings (SSSR count). The molecule has 2 amide bonds. The van der Waals surface area contributed by atoms with E-state index in [4.69, 9.17) is 16.3 Å². The lowest BCUT2D eigenvalue weighted by Gasteiger charge is -2.34. The van der Waals surface area contributed by atoms with Crippen molar-refractivity contribution in [3.63, 3.8) is 0 Å². The number of nitrogens with zero attached hydrogens (tertiary/aromatic N) is 2. The maximum atomic E-state index is 13.1. The molecule has 0 radical (unpaired) electrons. The fraction of sp³-hybridized carbons (Fsp3) is 0.321. The van der Waals surface area contributed by atoms with Crippen LogP contribution in [-0.4, -0.2) is 48.6 Å². The average Bonchev–Trinajstić information content (AvgIpc) is 2.91. The summed E-state index contributed by atoms with van der Waals surface area (Å²) in [5, 5.41) is 3.49. The van der Waals surface area contributed by atoms with Gasteiger partial charge in [-0.2, -0.15) is 26.3 Å². The summed E-state index contributed by atoms with van der Waals surface area (Å²) in [6, 6.07) is 14.8. The number of benzene rings is 3. The number of amides is 2. The Morgan fingerprint density at radius 1 is 0.825 bits per heavy atom. The molecule has 0 saturated carbocycles. The van der Waals surface area contributed by atoms with Crippen LogP contribution in [0.5, 0.6) is 5.75 Å². The monoisotopic (exact) mass is 585 g/mol. The molecule has 5 nitrogen and oxygen atoms in total. The minimum absolute atomic E-state index is 0.0714. The molecule has 0 aromatic heterocycles. The van der Waals surface area contributed by atoms with Crippen molar-refractivity contribution in [2.45, 2.75) is 25.4 Å². The number of urea groups is 1. The molecule has 0 bridgehead atoms. The molecule has 40 heavy (non-hydrogen) atoms. The zero-order valence-electron chi connectivity index (χ0n) is 21.2. The van der Waals surface area contributed by atoms with Crippen molar-refractivity contribution < 1.29 is 35.9 Å². The maximum Gasteiger partial charge on any atom is 0.416 e. The second-order valence-corrected chi connectivity index (χ2v) is 9.80. The van der Waals surface area contributed by atoms with E-state index >= 15 is 0 Å². The van der Waals surface area contributed by atoms with E-state index in [2.05, 4.69) is 10.2 Å². The molecular formula is C28H26ClF6N3O2. The molecule has 1 aliphatic rings. The summed E-state index contributed by atoms with van der Waals surface area (Å²) in [6.45, 7) is 2.92. The number of hydrogen-bond donors (Lipinski definition) is 1. The summed E-state index contributed by atoms with van der Waals surface area (Å²) in [7, 11) is 0. The van der Waals surface area contributed by atoms with Crippen molar-refractivity contribution in [3.8, 4) is 5.75 Å². The number of piperazine rings is 1. The molecule has 0 spiro atoms. The number of rotatable bonds is 7. The van der Waals surface area contributed by atoms with Gasteiger partial charge in [-0.3, -0.25) is 4.90 Å². The van der Waals surface area contributed by atoms with Crippen molar-refractivity contribution in [1.29, 1.82) is 0 Å². The molecule has 1 N–H and O–H groups in total. The average molecular weight is 586 g/mol. The van der Waals surface area contributed by atoms with Crippen molar-refractivity contribution in [3.05, 3.63) is 94.0 Å². The van der Waals surface area contributed by atoms with E-state index in [0.717, 1.165) is 31.6 Å². The van der Waals surface area contributed by atoms with Gasteiger partial charge in [-0.15, -0.1) is 0 Å². The third-order valence-corrected chi connectivity index (χ3v) is 6.66. The minimum atomic E-state index is -4.93. The van der Waals surface area contributed by atoms with Crippen LogP contribution in [0.15, 0.2) is 66.7 Å². The Morgan fingerprint density at radius 2 is 1.45 bits per heavy atom. The van der Waals surface area contributed by atoms with Crippen molar-refractivity contribution in [2.75, 3.05) is 38.0 Å². The van der Waals surface area contributed by atoms with Gasteiger partial charge >= 0.3 is 18.4 Å². The van der Waals surface area contributed by atoms with Crippen LogP contribution >= 0.6 is 11.6 Å². The first-order valence-corrected chi connectivity index (χ1v) is 12.8. The smallest absolute Gasteiger partial charge is 0.416 e. The SMILES string of the molecule is O=C(Nc1ccc(OCc2cc(C(F)(F)F)cc(C(F)(F)F)c2)cc1)N1CCN(CCc2cccc(Cl)c2)CC1. The number of alkyl halides is 6. The van der Waals surface area contributed by atoms with Crippen LogP contribution in [0.1, 0.15) is 22.3 Å². The number of carbonyl (C=O) groups excluding carboxylic acids is 1. The molecule has 1 aliphatic heterocycles. The quantitative estimate of drug-likeness (QED) is 0.295. The van der Waals surface area contributed by atoms with E-state index in [1.54, 1.807) is 17.0 Å². The minimum Gasteiger partial charge on any atom is -0.489 e. The summed E-state index contributed by atoms with van der Waals surface area (Å²) in [5.41, 5.74) is -1.45. The molecule has 0 unspecified atom stereocenters. The van der Waals surface area contributed by atoms with Gasteiger partial charge in [-0.05, 0) is 72.1 Å². The van der Waals surface area contributed by atoms with Crippen LogP contribution in [-0.2, 0) is 25.4 Å². The highest BCUT2D eigenvalue weighted by atomic mass is 35.5. The zero-order chi connectivity index (χ0) is 28.9. The Bertz CT molecular complexity index is 1270. The Hall–Kier alpha value is -3.44. The van der Waals surface area contributed by atoms with Crippen LogP contribution in [0.3, 0.4) is 0 Å². The van der Waals surface area contributed by atoms with Gasteiger partial charge in [0.15, 0.2) is 0 Å². The third kappa shape index (κ3) is 8.28. The molecular weight excluding hydrogens is 560 g/mol. The Kier molecular flexibility index (Phi) is 9.15. The van der Waals surface area contributed by atoms with E-state index in [1.165, 1.54) is 12.1 Å². The Labute approximate surface area is 232 Å². The topological polar surface area (TPSA) is 44.8 Å². The number of anilines is 1. The summed E-state index contributed by atoms with van der Waals surface area (Å²) >= 11 is 6.03. The molecule has 1 saturated heterocycles. The highest BCUT2D eigenvalue weighted by Crippen LogP contribution is 2.36. The van der Waals surface area contributed by atoms with Gasteiger partial charge in [0.2, 0.25) is 0 Å². The van der Waals surface area contributed by atoms with E-state index < -0.39 is 30.1 Å². The van der Waals surface area contributed by atoms with Crippen LogP contribution in [0.2, 0.25) is 5.02 Å². The molecule has 0 atom stereocenters. The Morgan fingerprint density at radius 3 is 2.02 bits per heavy atom. The number of hydrogen-bond acceptors (Lipinski definition) is 3. The lowest BCUT2D eigenvalue weighted by atomic mass is 10.1. The normalized spacial score (nSPS) is 14.7. The maximum absolute atomic E-state index is 13.1. The lowest BCUT2D eigenvalue weighted by molar-refractivity contribution is -0.143. The molecule has 0 aliphatic carbocycles. The molecule has 12 heteroatoms. The van der Waals surface area contributed by atoms with Gasteiger partial charge in [0.25, 0.3) is 0 Å². The molecule has 3 aromatic rings. The van der Waals surface area contributed by atoms with E-state index in [9.17, 15) is 31.1 Å². The zero-order valence-corrected chi connectivity index (χ0v) is 21.9. The first-order chi connectivity index (χ1) is 18.9. The summed E-state index contributed by atoms with van der Waals surface area (Å²) in [4.78, 5) is 16.7. The summed E-state index contributed by atoms with van der Waals surface area (Å²) < 4.78 is 83.8. The third-order valence-electron chi connectivity index (χ3n) is 6.42. The van der Waals surface area contributed by atoms with Gasteiger partial charge in [0, 0.05) is 43.4 Å². The lowest BCUT2D eigenvalue weighted by Crippen LogP contribution is -2.50. The predicted molar refractivity (Wildman–Crippen MR) is 139 cm³/mol. The van der Waals surface area contributed by atoms with Crippen LogP contribution in [0.4, 0.5) is 36.8 Å². The fourth-order valence-corrected chi connectivity index (χ4v) is 4.47.